The average molecular weight is 218 g/mol. The zero-order chi connectivity index (χ0) is 11.7. The first-order valence-electron chi connectivity index (χ1n) is 5.24. The number of hydrogen-bond donors (Lipinski definition) is 0. The van der Waals surface area contributed by atoms with Crippen LogP contribution in [0.15, 0.2) is 18.2 Å². The van der Waals surface area contributed by atoms with Crippen molar-refractivity contribution in [2.45, 2.75) is 20.3 Å². The lowest BCUT2D eigenvalue weighted by Crippen LogP contribution is -2.08. The molecule has 0 unspecified atom stereocenters. The van der Waals surface area contributed by atoms with Gasteiger partial charge in [0.2, 0.25) is 0 Å². The van der Waals surface area contributed by atoms with Crippen LogP contribution in [-0.4, -0.2) is 22.5 Å². The molecule has 0 N–H and O–H groups in total. The van der Waals surface area contributed by atoms with Gasteiger partial charge in [0.1, 0.15) is 11.3 Å². The van der Waals surface area contributed by atoms with Gasteiger partial charge in [0.25, 0.3) is 0 Å². The number of carbonyl (C=O) groups is 1. The molecule has 16 heavy (non-hydrogen) atoms. The Morgan fingerprint density at radius 2 is 2.25 bits per heavy atom. The van der Waals surface area contributed by atoms with Gasteiger partial charge in [-0.2, -0.15) is 0 Å². The number of aromatic nitrogens is 2. The van der Waals surface area contributed by atoms with Crippen LogP contribution >= 0.6 is 0 Å². The first kappa shape index (κ1) is 10.7. The van der Waals surface area contributed by atoms with Gasteiger partial charge in [0, 0.05) is 5.69 Å². The smallest absolute Gasteiger partial charge is 0.355 e. The zero-order valence-corrected chi connectivity index (χ0v) is 9.65. The Morgan fingerprint density at radius 3 is 2.88 bits per heavy atom. The van der Waals surface area contributed by atoms with Crippen LogP contribution in [0.4, 0.5) is 0 Å². The summed E-state index contributed by atoms with van der Waals surface area (Å²) in [6, 6.07) is 5.44. The highest BCUT2D eigenvalue weighted by Gasteiger charge is 2.14. The minimum absolute atomic E-state index is 0.339. The fourth-order valence-electron chi connectivity index (χ4n) is 1.88. The Hall–Kier alpha value is -1.84. The van der Waals surface area contributed by atoms with Crippen molar-refractivity contribution in [3.8, 4) is 0 Å². The molecule has 0 spiro atoms. The number of pyridine rings is 1. The van der Waals surface area contributed by atoms with Gasteiger partial charge in [-0.1, -0.05) is 13.0 Å². The summed E-state index contributed by atoms with van der Waals surface area (Å²) in [5, 5.41) is 0. The minimum atomic E-state index is -0.339. The van der Waals surface area contributed by atoms with Gasteiger partial charge < -0.3 is 4.74 Å². The highest BCUT2D eigenvalue weighted by molar-refractivity contribution is 5.88. The van der Waals surface area contributed by atoms with E-state index < -0.39 is 0 Å². The van der Waals surface area contributed by atoms with E-state index in [4.69, 9.17) is 4.74 Å². The van der Waals surface area contributed by atoms with E-state index in [2.05, 4.69) is 4.98 Å². The highest BCUT2D eigenvalue weighted by atomic mass is 16.5. The van der Waals surface area contributed by atoms with Crippen LogP contribution in [0.5, 0.6) is 0 Å². The van der Waals surface area contributed by atoms with E-state index in [1.165, 1.54) is 7.11 Å². The Kier molecular flexibility index (Phi) is 2.64. The van der Waals surface area contributed by atoms with Crippen LogP contribution in [0.2, 0.25) is 0 Å². The third-order valence-electron chi connectivity index (χ3n) is 2.70. The molecule has 0 atom stereocenters. The zero-order valence-electron chi connectivity index (χ0n) is 9.65. The van der Waals surface area contributed by atoms with Gasteiger partial charge in [-0.3, -0.25) is 4.40 Å². The Bertz CT molecular complexity index is 543. The molecule has 0 amide bonds. The average Bonchev–Trinajstić information content (AvgIpc) is 2.65. The Labute approximate surface area is 93.9 Å². The van der Waals surface area contributed by atoms with Gasteiger partial charge in [-0.25, -0.2) is 9.78 Å². The molecule has 0 saturated heterocycles. The van der Waals surface area contributed by atoms with Crippen LogP contribution in [0.25, 0.3) is 5.65 Å². The molecule has 0 aliphatic rings. The maximum atomic E-state index is 11.6. The van der Waals surface area contributed by atoms with Crippen molar-refractivity contribution in [3.05, 3.63) is 35.3 Å². The molecular formula is C12H14N2O2. The first-order chi connectivity index (χ1) is 7.69. The molecule has 4 heteroatoms. The second kappa shape index (κ2) is 3.96. The number of hydrogen-bond acceptors (Lipinski definition) is 3. The van der Waals surface area contributed by atoms with E-state index in [1.54, 1.807) is 6.07 Å². The number of ether oxygens (including phenoxy) is 1. The Morgan fingerprint density at radius 1 is 1.50 bits per heavy atom. The summed E-state index contributed by atoms with van der Waals surface area (Å²) in [5.41, 5.74) is 3.32. The summed E-state index contributed by atoms with van der Waals surface area (Å²) in [6.45, 7) is 4.01. The normalized spacial score (nSPS) is 10.7. The van der Waals surface area contributed by atoms with Crippen LogP contribution in [0, 0.1) is 6.92 Å². The topological polar surface area (TPSA) is 43.6 Å². The SMILES string of the molecule is CCc1nc2cccc(C(=O)OC)n2c1C. The third-order valence-corrected chi connectivity index (χ3v) is 2.70. The molecule has 0 bridgehead atoms. The summed E-state index contributed by atoms with van der Waals surface area (Å²) in [4.78, 5) is 16.1. The Balaban J connectivity index is 2.75. The maximum absolute atomic E-state index is 11.6. The molecule has 0 radical (unpaired) electrons. The molecule has 4 nitrogen and oxygen atoms in total. The van der Waals surface area contributed by atoms with Gasteiger partial charge >= 0.3 is 5.97 Å². The first-order valence-corrected chi connectivity index (χ1v) is 5.24. The van der Waals surface area contributed by atoms with Crippen molar-refractivity contribution in [1.82, 2.24) is 9.38 Å². The standard InChI is InChI=1S/C12H14N2O2/c1-4-9-8(2)14-10(12(15)16-3)6-5-7-11(14)13-9/h5-7H,4H2,1-3H3. The number of carbonyl (C=O) groups excluding carboxylic acids is 1. The van der Waals surface area contributed by atoms with Gasteiger partial charge in [-0.05, 0) is 25.5 Å². The lowest BCUT2D eigenvalue weighted by molar-refractivity contribution is 0.0592. The quantitative estimate of drug-likeness (QED) is 0.724. The third kappa shape index (κ3) is 1.46. The number of methoxy groups -OCH3 is 1. The van der Waals surface area contributed by atoms with E-state index >= 15 is 0 Å². The van der Waals surface area contributed by atoms with Crippen LogP contribution in [-0.2, 0) is 11.2 Å². The molecule has 0 fully saturated rings. The van der Waals surface area contributed by atoms with Crippen LogP contribution in [0.3, 0.4) is 0 Å². The predicted molar refractivity (Wildman–Crippen MR) is 60.6 cm³/mol. The van der Waals surface area contributed by atoms with Gasteiger partial charge in [0.05, 0.1) is 12.8 Å². The number of aryl methyl sites for hydroxylation is 2. The number of rotatable bonds is 2. The molecule has 0 aliphatic heterocycles. The second-order valence-electron chi connectivity index (χ2n) is 3.59. The maximum Gasteiger partial charge on any atom is 0.355 e. The molecule has 84 valence electrons. The van der Waals surface area contributed by atoms with Gasteiger partial charge in [-0.15, -0.1) is 0 Å². The van der Waals surface area contributed by atoms with Crippen LogP contribution in [0.1, 0.15) is 28.8 Å². The lowest BCUT2D eigenvalue weighted by Gasteiger charge is -2.04. The van der Waals surface area contributed by atoms with E-state index in [9.17, 15) is 4.79 Å². The predicted octanol–water partition coefficient (Wildman–Crippen LogP) is 1.99. The summed E-state index contributed by atoms with van der Waals surface area (Å²) in [6.07, 6.45) is 0.855. The van der Waals surface area contributed by atoms with E-state index in [-0.39, 0.29) is 5.97 Å². The van der Waals surface area contributed by atoms with Crippen molar-refractivity contribution >= 4 is 11.6 Å². The molecule has 0 aliphatic carbocycles. The highest BCUT2D eigenvalue weighted by Crippen LogP contribution is 2.15. The number of fused-ring (bicyclic) bond motifs is 1. The van der Waals surface area contributed by atoms with E-state index in [1.807, 2.05) is 30.4 Å². The molecule has 0 saturated carbocycles. The number of esters is 1. The summed E-state index contributed by atoms with van der Waals surface area (Å²) >= 11 is 0. The molecular weight excluding hydrogens is 204 g/mol. The lowest BCUT2D eigenvalue weighted by atomic mass is 10.3. The molecule has 0 aromatic carbocycles. The van der Waals surface area contributed by atoms with E-state index in [0.29, 0.717) is 5.69 Å². The van der Waals surface area contributed by atoms with E-state index in [0.717, 1.165) is 23.5 Å². The van der Waals surface area contributed by atoms with Crippen molar-refractivity contribution in [2.75, 3.05) is 7.11 Å². The van der Waals surface area contributed by atoms with Crippen LogP contribution < -0.4 is 0 Å². The monoisotopic (exact) mass is 218 g/mol. The van der Waals surface area contributed by atoms with Crippen molar-refractivity contribution < 1.29 is 9.53 Å². The summed E-state index contributed by atoms with van der Waals surface area (Å²) in [7, 11) is 1.38. The fraction of sp³-hybridized carbons (Fsp3) is 0.333. The van der Waals surface area contributed by atoms with Crippen molar-refractivity contribution in [1.29, 1.82) is 0 Å². The number of nitrogens with zero attached hydrogens (tertiary/aromatic N) is 2. The summed E-state index contributed by atoms with van der Waals surface area (Å²) in [5.74, 6) is -0.339. The van der Waals surface area contributed by atoms with Crippen molar-refractivity contribution in [3.63, 3.8) is 0 Å². The number of imidazole rings is 1. The molecule has 2 heterocycles. The minimum Gasteiger partial charge on any atom is -0.464 e. The molecule has 2 aromatic heterocycles. The largest absolute Gasteiger partial charge is 0.464 e. The molecule has 2 rings (SSSR count). The fourth-order valence-corrected chi connectivity index (χ4v) is 1.88. The molecule has 2 aromatic rings. The second-order valence-corrected chi connectivity index (χ2v) is 3.59. The van der Waals surface area contributed by atoms with Crippen molar-refractivity contribution in [2.24, 2.45) is 0 Å². The van der Waals surface area contributed by atoms with Gasteiger partial charge in [0.15, 0.2) is 0 Å². The summed E-state index contributed by atoms with van der Waals surface area (Å²) < 4.78 is 6.59.